The summed E-state index contributed by atoms with van der Waals surface area (Å²) in [6.07, 6.45) is -0.0105. The lowest BCUT2D eigenvalue weighted by Crippen LogP contribution is -2.30. The monoisotopic (exact) mass is 382 g/mol. The number of carbonyl (C=O) groups excluding carboxylic acids is 4. The van der Waals surface area contributed by atoms with E-state index in [0.29, 0.717) is 11.3 Å². The van der Waals surface area contributed by atoms with Crippen LogP contribution < -0.4 is 10.6 Å². The molecule has 2 aromatic rings. The Labute approximate surface area is 160 Å². The lowest BCUT2D eigenvalue weighted by Gasteiger charge is -2.24. The van der Waals surface area contributed by atoms with E-state index in [-0.39, 0.29) is 29.1 Å². The van der Waals surface area contributed by atoms with Gasteiger partial charge in [-0.2, -0.15) is 0 Å². The normalized spacial score (nSPS) is 15.1. The van der Waals surface area contributed by atoms with Crippen molar-refractivity contribution in [3.05, 3.63) is 59.2 Å². The maximum atomic E-state index is 12.9. The molecule has 2 aromatic carbocycles. The van der Waals surface area contributed by atoms with Crippen LogP contribution >= 0.6 is 0 Å². The molecule has 3 rings (SSSR count). The lowest BCUT2D eigenvalue weighted by atomic mass is 9.89. The van der Waals surface area contributed by atoms with E-state index in [1.807, 2.05) is 0 Å². The van der Waals surface area contributed by atoms with E-state index >= 15 is 0 Å². The molecule has 1 aliphatic heterocycles. The minimum Gasteiger partial charge on any atom is -0.465 e. The molecule has 1 aliphatic rings. The summed E-state index contributed by atoms with van der Waals surface area (Å²) in [6, 6.07) is 11.1. The number of esters is 2. The molecule has 144 valence electrons. The summed E-state index contributed by atoms with van der Waals surface area (Å²) >= 11 is 0. The number of para-hydroxylation sites is 1. The number of ether oxygens (including phenoxy) is 2. The van der Waals surface area contributed by atoms with Gasteiger partial charge in [0, 0.05) is 17.8 Å². The summed E-state index contributed by atoms with van der Waals surface area (Å²) < 4.78 is 9.37. The first-order valence-electron chi connectivity index (χ1n) is 8.44. The molecular formula is C20H18N2O6. The van der Waals surface area contributed by atoms with Gasteiger partial charge in [0.2, 0.25) is 11.8 Å². The highest BCUT2D eigenvalue weighted by Crippen LogP contribution is 2.33. The van der Waals surface area contributed by atoms with Gasteiger partial charge in [0.1, 0.15) is 0 Å². The minimum atomic E-state index is -0.701. The number of hydrogen-bond donors (Lipinski definition) is 2. The predicted molar refractivity (Wildman–Crippen MR) is 100 cm³/mol. The molecule has 8 heteroatoms. The number of benzene rings is 2. The van der Waals surface area contributed by atoms with Gasteiger partial charge in [-0.3, -0.25) is 9.59 Å². The zero-order chi connectivity index (χ0) is 20.3. The van der Waals surface area contributed by atoms with Crippen LogP contribution in [0.1, 0.15) is 38.6 Å². The molecular weight excluding hydrogens is 364 g/mol. The third-order valence-corrected chi connectivity index (χ3v) is 4.36. The number of nitrogens with one attached hydrogen (secondary N) is 2. The van der Waals surface area contributed by atoms with Crippen LogP contribution in [0.4, 0.5) is 11.4 Å². The SMILES string of the molecule is COC(=O)c1cc(NC(=O)C2CC(=O)Nc3ccccc32)cc(C(=O)OC)c1. The Morgan fingerprint density at radius 3 is 2.21 bits per heavy atom. The fourth-order valence-electron chi connectivity index (χ4n) is 3.05. The van der Waals surface area contributed by atoms with Crippen LogP contribution in [0.3, 0.4) is 0 Å². The number of amides is 2. The number of rotatable bonds is 4. The van der Waals surface area contributed by atoms with Gasteiger partial charge in [0.15, 0.2) is 0 Å². The first kappa shape index (κ1) is 19.1. The average Bonchev–Trinajstić information content (AvgIpc) is 2.71. The van der Waals surface area contributed by atoms with E-state index in [9.17, 15) is 19.2 Å². The number of fused-ring (bicyclic) bond motifs is 1. The second kappa shape index (κ2) is 7.91. The van der Waals surface area contributed by atoms with E-state index in [1.165, 1.54) is 32.4 Å². The minimum absolute atomic E-state index is 0.0105. The average molecular weight is 382 g/mol. The first-order valence-corrected chi connectivity index (χ1v) is 8.44. The van der Waals surface area contributed by atoms with E-state index in [0.717, 1.165) is 0 Å². The second-order valence-corrected chi connectivity index (χ2v) is 6.16. The number of methoxy groups -OCH3 is 2. The van der Waals surface area contributed by atoms with Gasteiger partial charge in [0.25, 0.3) is 0 Å². The molecule has 2 N–H and O–H groups in total. The van der Waals surface area contributed by atoms with Crippen molar-refractivity contribution in [3.63, 3.8) is 0 Å². The standard InChI is InChI=1S/C20H18N2O6/c1-27-19(25)11-7-12(20(26)28-2)9-13(8-11)21-18(24)15-10-17(23)22-16-6-4-3-5-14(15)16/h3-9,15H,10H2,1-2H3,(H,21,24)(H,22,23). The second-order valence-electron chi connectivity index (χ2n) is 6.16. The number of anilines is 2. The van der Waals surface area contributed by atoms with Crippen LogP contribution in [0, 0.1) is 0 Å². The summed E-state index contributed by atoms with van der Waals surface area (Å²) in [5.74, 6) is -2.72. The molecule has 0 saturated carbocycles. The van der Waals surface area contributed by atoms with Crippen molar-refractivity contribution in [2.75, 3.05) is 24.9 Å². The number of hydrogen-bond acceptors (Lipinski definition) is 6. The van der Waals surface area contributed by atoms with E-state index in [4.69, 9.17) is 0 Å². The van der Waals surface area contributed by atoms with Crippen LogP contribution in [0.5, 0.6) is 0 Å². The summed E-state index contributed by atoms with van der Waals surface area (Å²) in [7, 11) is 2.42. The molecule has 0 spiro atoms. The van der Waals surface area contributed by atoms with Crippen molar-refractivity contribution >= 4 is 35.1 Å². The molecule has 1 atom stereocenters. The Kier molecular flexibility index (Phi) is 5.39. The third kappa shape index (κ3) is 3.85. The summed E-state index contributed by atoms with van der Waals surface area (Å²) in [5, 5.41) is 5.41. The molecule has 0 aromatic heterocycles. The Balaban J connectivity index is 1.93. The molecule has 0 bridgehead atoms. The zero-order valence-electron chi connectivity index (χ0n) is 15.3. The summed E-state index contributed by atoms with van der Waals surface area (Å²) in [6.45, 7) is 0. The van der Waals surface area contributed by atoms with Crippen molar-refractivity contribution in [2.45, 2.75) is 12.3 Å². The van der Waals surface area contributed by atoms with E-state index < -0.39 is 23.8 Å². The molecule has 1 unspecified atom stereocenters. The lowest BCUT2D eigenvalue weighted by molar-refractivity contribution is -0.123. The van der Waals surface area contributed by atoms with Crippen molar-refractivity contribution in [3.8, 4) is 0 Å². The van der Waals surface area contributed by atoms with Gasteiger partial charge in [0.05, 0.1) is 31.3 Å². The fraction of sp³-hybridized carbons (Fsp3) is 0.200. The maximum absolute atomic E-state index is 12.9. The van der Waals surface area contributed by atoms with Gasteiger partial charge in [-0.1, -0.05) is 18.2 Å². The molecule has 1 heterocycles. The predicted octanol–water partition coefficient (Wildman–Crippen LogP) is 2.32. The molecule has 28 heavy (non-hydrogen) atoms. The third-order valence-electron chi connectivity index (χ3n) is 4.36. The Morgan fingerprint density at radius 2 is 1.61 bits per heavy atom. The fourth-order valence-corrected chi connectivity index (χ4v) is 3.05. The van der Waals surface area contributed by atoms with Crippen LogP contribution in [0.25, 0.3) is 0 Å². The molecule has 0 aliphatic carbocycles. The van der Waals surface area contributed by atoms with Crippen molar-refractivity contribution in [1.29, 1.82) is 0 Å². The van der Waals surface area contributed by atoms with Gasteiger partial charge in [-0.05, 0) is 29.8 Å². The Hall–Kier alpha value is -3.68. The van der Waals surface area contributed by atoms with Gasteiger partial charge < -0.3 is 20.1 Å². The smallest absolute Gasteiger partial charge is 0.337 e. The largest absolute Gasteiger partial charge is 0.465 e. The van der Waals surface area contributed by atoms with Crippen molar-refractivity contribution < 1.29 is 28.7 Å². The Morgan fingerprint density at radius 1 is 1.00 bits per heavy atom. The molecule has 0 radical (unpaired) electrons. The molecule has 8 nitrogen and oxygen atoms in total. The van der Waals surface area contributed by atoms with Crippen LogP contribution in [-0.4, -0.2) is 38.0 Å². The summed E-state index contributed by atoms with van der Waals surface area (Å²) in [5.41, 5.74) is 1.66. The van der Waals surface area contributed by atoms with Crippen molar-refractivity contribution in [1.82, 2.24) is 0 Å². The number of carbonyl (C=O) groups is 4. The van der Waals surface area contributed by atoms with Crippen LogP contribution in [-0.2, 0) is 19.1 Å². The molecule has 0 fully saturated rings. The van der Waals surface area contributed by atoms with E-state index in [2.05, 4.69) is 20.1 Å². The van der Waals surface area contributed by atoms with E-state index in [1.54, 1.807) is 24.3 Å². The Bertz CT molecular complexity index is 935. The van der Waals surface area contributed by atoms with Gasteiger partial charge >= 0.3 is 11.9 Å². The van der Waals surface area contributed by atoms with Gasteiger partial charge in [-0.25, -0.2) is 9.59 Å². The quantitative estimate of drug-likeness (QED) is 0.785. The van der Waals surface area contributed by atoms with Crippen LogP contribution in [0.2, 0.25) is 0 Å². The summed E-state index contributed by atoms with van der Waals surface area (Å²) in [4.78, 5) is 48.6. The first-order chi connectivity index (χ1) is 13.4. The molecule has 0 saturated heterocycles. The zero-order valence-corrected chi connectivity index (χ0v) is 15.3. The maximum Gasteiger partial charge on any atom is 0.337 e. The topological polar surface area (TPSA) is 111 Å². The van der Waals surface area contributed by atoms with Crippen LogP contribution in [0.15, 0.2) is 42.5 Å². The highest BCUT2D eigenvalue weighted by Gasteiger charge is 2.30. The highest BCUT2D eigenvalue weighted by molar-refractivity contribution is 6.06. The molecule has 2 amide bonds. The highest BCUT2D eigenvalue weighted by atomic mass is 16.5. The van der Waals surface area contributed by atoms with Crippen molar-refractivity contribution in [2.24, 2.45) is 0 Å². The van der Waals surface area contributed by atoms with Gasteiger partial charge in [-0.15, -0.1) is 0 Å².